The Labute approximate surface area is 120 Å². The molecule has 1 aromatic rings. The number of rotatable bonds is 3. The highest BCUT2D eigenvalue weighted by atomic mass is 32.1. The van der Waals surface area contributed by atoms with E-state index >= 15 is 0 Å². The molecule has 1 saturated heterocycles. The topological polar surface area (TPSA) is 20.3 Å². The van der Waals surface area contributed by atoms with Crippen LogP contribution in [0, 0.1) is 18.8 Å². The van der Waals surface area contributed by atoms with Crippen molar-refractivity contribution in [2.45, 2.75) is 47.0 Å². The Bertz CT molecular complexity index is 442. The molecule has 1 aliphatic rings. The summed E-state index contributed by atoms with van der Waals surface area (Å²) in [6.45, 7) is 10.7. The number of carbonyl (C=O) groups excluding carboxylic acids is 1. The van der Waals surface area contributed by atoms with E-state index in [2.05, 4.69) is 38.7 Å². The molecule has 1 aliphatic heterocycles. The van der Waals surface area contributed by atoms with Crippen molar-refractivity contribution in [1.82, 2.24) is 4.90 Å². The van der Waals surface area contributed by atoms with Gasteiger partial charge in [-0.15, -0.1) is 11.3 Å². The van der Waals surface area contributed by atoms with Crippen LogP contribution in [-0.4, -0.2) is 23.9 Å². The summed E-state index contributed by atoms with van der Waals surface area (Å²) in [5, 5.41) is 0. The molecular formula is C16H25NOS. The first-order chi connectivity index (χ1) is 9.01. The quantitative estimate of drug-likeness (QED) is 0.814. The van der Waals surface area contributed by atoms with Crippen LogP contribution in [0.4, 0.5) is 0 Å². The van der Waals surface area contributed by atoms with E-state index in [4.69, 9.17) is 0 Å². The van der Waals surface area contributed by atoms with Gasteiger partial charge in [-0.1, -0.05) is 27.2 Å². The van der Waals surface area contributed by atoms with E-state index in [0.717, 1.165) is 30.8 Å². The third-order valence-corrected chi connectivity index (χ3v) is 4.99. The number of hydrogen-bond donors (Lipinski definition) is 0. The zero-order valence-electron chi connectivity index (χ0n) is 12.5. The van der Waals surface area contributed by atoms with Crippen LogP contribution in [-0.2, 0) is 6.42 Å². The molecule has 19 heavy (non-hydrogen) atoms. The van der Waals surface area contributed by atoms with Crippen LogP contribution in [0.25, 0.3) is 0 Å². The van der Waals surface area contributed by atoms with E-state index in [-0.39, 0.29) is 5.91 Å². The van der Waals surface area contributed by atoms with Crippen molar-refractivity contribution in [2.75, 3.05) is 13.1 Å². The molecule has 0 bridgehead atoms. The Kier molecular flexibility index (Phi) is 4.67. The van der Waals surface area contributed by atoms with Gasteiger partial charge in [0.2, 0.25) is 0 Å². The average molecular weight is 279 g/mol. The fourth-order valence-electron chi connectivity index (χ4n) is 3.13. The zero-order chi connectivity index (χ0) is 14.0. The summed E-state index contributed by atoms with van der Waals surface area (Å²) in [5.74, 6) is 1.50. The minimum atomic E-state index is 0.244. The van der Waals surface area contributed by atoms with Gasteiger partial charge in [-0.2, -0.15) is 0 Å². The van der Waals surface area contributed by atoms with Gasteiger partial charge in [0.1, 0.15) is 0 Å². The molecule has 0 aliphatic carbocycles. The van der Waals surface area contributed by atoms with E-state index in [1.807, 2.05) is 0 Å². The SMILES string of the molecule is CCCc1cc(C(=O)N2CC(C)CC(C)C2)sc1C. The van der Waals surface area contributed by atoms with E-state index in [0.29, 0.717) is 11.8 Å². The summed E-state index contributed by atoms with van der Waals surface area (Å²) >= 11 is 1.67. The summed E-state index contributed by atoms with van der Waals surface area (Å²) in [4.78, 5) is 16.9. The molecule has 1 amide bonds. The summed E-state index contributed by atoms with van der Waals surface area (Å²) in [5.41, 5.74) is 1.36. The molecule has 0 saturated carbocycles. The number of piperidine rings is 1. The Morgan fingerprint density at radius 3 is 2.58 bits per heavy atom. The summed E-state index contributed by atoms with van der Waals surface area (Å²) in [6, 6.07) is 2.12. The maximum absolute atomic E-state index is 12.6. The molecule has 0 radical (unpaired) electrons. The van der Waals surface area contributed by atoms with Gasteiger partial charge in [-0.25, -0.2) is 0 Å². The zero-order valence-corrected chi connectivity index (χ0v) is 13.3. The van der Waals surface area contributed by atoms with Crippen LogP contribution < -0.4 is 0 Å². The lowest BCUT2D eigenvalue weighted by molar-refractivity contribution is 0.0628. The molecule has 1 aromatic heterocycles. The van der Waals surface area contributed by atoms with Gasteiger partial charge in [0, 0.05) is 18.0 Å². The van der Waals surface area contributed by atoms with Crippen LogP contribution in [0.5, 0.6) is 0 Å². The largest absolute Gasteiger partial charge is 0.337 e. The van der Waals surface area contributed by atoms with Gasteiger partial charge in [0.25, 0.3) is 5.91 Å². The fourth-order valence-corrected chi connectivity index (χ4v) is 4.17. The lowest BCUT2D eigenvalue weighted by Gasteiger charge is -2.34. The molecular weight excluding hydrogens is 254 g/mol. The van der Waals surface area contributed by atoms with Gasteiger partial charge in [-0.3, -0.25) is 4.79 Å². The predicted molar refractivity (Wildman–Crippen MR) is 81.9 cm³/mol. The summed E-state index contributed by atoms with van der Waals surface area (Å²) < 4.78 is 0. The van der Waals surface area contributed by atoms with Crippen LogP contribution in [0.3, 0.4) is 0 Å². The number of carbonyl (C=O) groups is 1. The fraction of sp³-hybridized carbons (Fsp3) is 0.688. The molecule has 2 heterocycles. The molecule has 2 unspecified atom stereocenters. The van der Waals surface area contributed by atoms with Crippen molar-refractivity contribution in [3.8, 4) is 0 Å². The monoisotopic (exact) mass is 279 g/mol. The Balaban J connectivity index is 2.12. The van der Waals surface area contributed by atoms with Crippen LogP contribution in [0.1, 0.15) is 53.7 Å². The highest BCUT2D eigenvalue weighted by Gasteiger charge is 2.27. The lowest BCUT2D eigenvalue weighted by Crippen LogP contribution is -2.42. The van der Waals surface area contributed by atoms with Gasteiger partial charge in [-0.05, 0) is 43.2 Å². The van der Waals surface area contributed by atoms with Crippen LogP contribution >= 0.6 is 11.3 Å². The van der Waals surface area contributed by atoms with Crippen molar-refractivity contribution in [3.63, 3.8) is 0 Å². The Morgan fingerprint density at radius 1 is 1.37 bits per heavy atom. The molecule has 2 rings (SSSR count). The van der Waals surface area contributed by atoms with E-state index in [1.165, 1.54) is 16.9 Å². The molecule has 0 spiro atoms. The second kappa shape index (κ2) is 6.08. The summed E-state index contributed by atoms with van der Waals surface area (Å²) in [6.07, 6.45) is 3.47. The van der Waals surface area contributed by atoms with Crippen molar-refractivity contribution in [1.29, 1.82) is 0 Å². The number of hydrogen-bond acceptors (Lipinski definition) is 2. The van der Waals surface area contributed by atoms with Gasteiger partial charge < -0.3 is 4.90 Å². The number of amides is 1. The highest BCUT2D eigenvalue weighted by molar-refractivity contribution is 7.14. The van der Waals surface area contributed by atoms with Crippen LogP contribution in [0.2, 0.25) is 0 Å². The van der Waals surface area contributed by atoms with Crippen LogP contribution in [0.15, 0.2) is 6.07 Å². The van der Waals surface area contributed by atoms with Gasteiger partial charge >= 0.3 is 0 Å². The predicted octanol–water partition coefficient (Wildman–Crippen LogP) is 4.13. The average Bonchev–Trinajstić information content (AvgIpc) is 2.69. The number of likely N-dealkylation sites (tertiary alicyclic amines) is 1. The number of thiophene rings is 1. The molecule has 1 fully saturated rings. The first-order valence-electron chi connectivity index (χ1n) is 7.39. The lowest BCUT2D eigenvalue weighted by atomic mass is 9.92. The first-order valence-corrected chi connectivity index (χ1v) is 8.21. The van der Waals surface area contributed by atoms with E-state index in [9.17, 15) is 4.79 Å². The normalized spacial score (nSPS) is 23.7. The minimum absolute atomic E-state index is 0.244. The molecule has 3 heteroatoms. The van der Waals surface area contributed by atoms with Gasteiger partial charge in [0.05, 0.1) is 4.88 Å². The Hall–Kier alpha value is -0.830. The first kappa shape index (κ1) is 14.6. The van der Waals surface area contributed by atoms with Crippen molar-refractivity contribution >= 4 is 17.2 Å². The third-order valence-electron chi connectivity index (χ3n) is 3.91. The van der Waals surface area contributed by atoms with E-state index in [1.54, 1.807) is 11.3 Å². The van der Waals surface area contributed by atoms with Crippen molar-refractivity contribution in [3.05, 3.63) is 21.4 Å². The minimum Gasteiger partial charge on any atom is -0.337 e. The summed E-state index contributed by atoms with van der Waals surface area (Å²) in [7, 11) is 0. The molecule has 0 N–H and O–H groups in total. The number of nitrogens with zero attached hydrogens (tertiary/aromatic N) is 1. The maximum Gasteiger partial charge on any atom is 0.263 e. The Morgan fingerprint density at radius 2 is 2.00 bits per heavy atom. The molecule has 2 atom stereocenters. The molecule has 2 nitrogen and oxygen atoms in total. The van der Waals surface area contributed by atoms with Crippen molar-refractivity contribution < 1.29 is 4.79 Å². The van der Waals surface area contributed by atoms with Crippen molar-refractivity contribution in [2.24, 2.45) is 11.8 Å². The van der Waals surface area contributed by atoms with Gasteiger partial charge in [0.15, 0.2) is 0 Å². The smallest absolute Gasteiger partial charge is 0.263 e. The molecule has 106 valence electrons. The third kappa shape index (κ3) is 3.38. The second-order valence-corrected chi connectivity index (χ2v) is 7.35. The second-order valence-electron chi connectivity index (χ2n) is 6.10. The maximum atomic E-state index is 12.6. The molecule has 0 aromatic carbocycles. The van der Waals surface area contributed by atoms with E-state index < -0.39 is 0 Å². The standard InChI is InChI=1S/C16H25NOS/c1-5-6-14-8-15(19-13(14)4)16(18)17-9-11(2)7-12(3)10-17/h8,11-12H,5-7,9-10H2,1-4H3. The highest BCUT2D eigenvalue weighted by Crippen LogP contribution is 2.27. The number of aryl methyl sites for hydroxylation is 2.